The van der Waals surface area contributed by atoms with Gasteiger partial charge < -0.3 is 10.3 Å². The summed E-state index contributed by atoms with van der Waals surface area (Å²) in [6.07, 6.45) is -4.87. The third-order valence-corrected chi connectivity index (χ3v) is 2.54. The second-order valence-electron chi connectivity index (χ2n) is 4.08. The zero-order valence-corrected chi connectivity index (χ0v) is 10.3. The Morgan fingerprint density at radius 2 is 1.86 bits per heavy atom. The van der Waals surface area contributed by atoms with E-state index in [1.807, 2.05) is 0 Å². The molecule has 0 atom stereocenters. The Balaban J connectivity index is 2.28. The molecule has 0 radical (unpaired) electrons. The molecule has 0 bridgehead atoms. The molecule has 2 N–H and O–H groups in total. The standard InChI is InChI=1S/C13H8F4N2O2/c14-9-5-4-7(6-8(9)13(15,16)17)18-12(21)10-2-1-3-11(20)19-10/h1-6H,(H,18,21)(H,19,20). The summed E-state index contributed by atoms with van der Waals surface area (Å²) >= 11 is 0. The number of carbonyl (C=O) groups excluding carboxylic acids is 1. The van der Waals surface area contributed by atoms with Crippen LogP contribution in [0.5, 0.6) is 0 Å². The number of amides is 1. The van der Waals surface area contributed by atoms with Gasteiger partial charge >= 0.3 is 6.18 Å². The minimum atomic E-state index is -4.87. The first kappa shape index (κ1) is 14.8. The first-order valence-electron chi connectivity index (χ1n) is 5.65. The molecule has 1 heterocycles. The normalized spacial score (nSPS) is 11.2. The van der Waals surface area contributed by atoms with E-state index < -0.39 is 29.0 Å². The number of carbonyl (C=O) groups is 1. The van der Waals surface area contributed by atoms with Gasteiger partial charge in [0.15, 0.2) is 0 Å². The monoisotopic (exact) mass is 300 g/mol. The predicted octanol–water partition coefficient (Wildman–Crippen LogP) is 2.79. The fourth-order valence-electron chi connectivity index (χ4n) is 1.60. The topological polar surface area (TPSA) is 62.0 Å². The van der Waals surface area contributed by atoms with Crippen LogP contribution in [0.2, 0.25) is 0 Å². The molecule has 110 valence electrons. The maximum Gasteiger partial charge on any atom is 0.419 e. The first-order valence-corrected chi connectivity index (χ1v) is 5.65. The van der Waals surface area contributed by atoms with Crippen LogP contribution in [-0.2, 0) is 6.18 Å². The highest BCUT2D eigenvalue weighted by atomic mass is 19.4. The van der Waals surface area contributed by atoms with Crippen molar-refractivity contribution in [1.29, 1.82) is 0 Å². The van der Waals surface area contributed by atoms with E-state index in [9.17, 15) is 27.2 Å². The first-order chi connectivity index (χ1) is 9.77. The van der Waals surface area contributed by atoms with Crippen molar-refractivity contribution >= 4 is 11.6 Å². The Morgan fingerprint density at radius 1 is 1.14 bits per heavy atom. The number of hydrogen-bond donors (Lipinski definition) is 2. The molecule has 0 aliphatic carbocycles. The molecular formula is C13H8F4N2O2. The third-order valence-electron chi connectivity index (χ3n) is 2.54. The Morgan fingerprint density at radius 3 is 2.48 bits per heavy atom. The predicted molar refractivity (Wildman–Crippen MR) is 66.4 cm³/mol. The lowest BCUT2D eigenvalue weighted by Gasteiger charge is -2.11. The van der Waals surface area contributed by atoms with E-state index in [2.05, 4.69) is 10.3 Å². The summed E-state index contributed by atoms with van der Waals surface area (Å²) in [5.41, 5.74) is -2.38. The fraction of sp³-hybridized carbons (Fsp3) is 0.0769. The van der Waals surface area contributed by atoms with Crippen LogP contribution in [0.3, 0.4) is 0 Å². The highest BCUT2D eigenvalue weighted by Gasteiger charge is 2.34. The quantitative estimate of drug-likeness (QED) is 0.838. The van der Waals surface area contributed by atoms with Crippen LogP contribution in [0.1, 0.15) is 16.1 Å². The van der Waals surface area contributed by atoms with E-state index in [0.717, 1.165) is 6.07 Å². The maximum atomic E-state index is 13.1. The van der Waals surface area contributed by atoms with Crippen LogP contribution < -0.4 is 10.9 Å². The van der Waals surface area contributed by atoms with Gasteiger partial charge in [-0.2, -0.15) is 13.2 Å². The molecule has 0 aliphatic heterocycles. The van der Waals surface area contributed by atoms with Crippen molar-refractivity contribution in [1.82, 2.24) is 4.98 Å². The minimum Gasteiger partial charge on any atom is -0.321 e. The molecule has 0 saturated heterocycles. The fourth-order valence-corrected chi connectivity index (χ4v) is 1.60. The molecular weight excluding hydrogens is 292 g/mol. The average molecular weight is 300 g/mol. The van der Waals surface area contributed by atoms with Crippen LogP contribution in [0.15, 0.2) is 41.2 Å². The Kier molecular flexibility index (Phi) is 3.79. The van der Waals surface area contributed by atoms with Gasteiger partial charge in [0, 0.05) is 11.8 Å². The van der Waals surface area contributed by atoms with Gasteiger partial charge in [-0.15, -0.1) is 0 Å². The van der Waals surface area contributed by atoms with E-state index in [1.54, 1.807) is 0 Å². The highest BCUT2D eigenvalue weighted by Crippen LogP contribution is 2.33. The third kappa shape index (κ3) is 3.47. The van der Waals surface area contributed by atoms with Gasteiger partial charge in [0.1, 0.15) is 11.5 Å². The summed E-state index contributed by atoms with van der Waals surface area (Å²) in [4.78, 5) is 25.0. The maximum absolute atomic E-state index is 13.1. The van der Waals surface area contributed by atoms with Gasteiger partial charge in [-0.3, -0.25) is 9.59 Å². The largest absolute Gasteiger partial charge is 0.419 e. The van der Waals surface area contributed by atoms with E-state index >= 15 is 0 Å². The number of H-pyrrole nitrogens is 1. The number of hydrogen-bond acceptors (Lipinski definition) is 2. The summed E-state index contributed by atoms with van der Waals surface area (Å²) in [6, 6.07) is 5.85. The Labute approximate surface area is 115 Å². The number of alkyl halides is 3. The summed E-state index contributed by atoms with van der Waals surface area (Å²) < 4.78 is 50.7. The van der Waals surface area contributed by atoms with Crippen LogP contribution in [0.4, 0.5) is 23.2 Å². The van der Waals surface area contributed by atoms with E-state index in [4.69, 9.17) is 0 Å². The van der Waals surface area contributed by atoms with E-state index in [-0.39, 0.29) is 11.4 Å². The van der Waals surface area contributed by atoms with Gasteiger partial charge in [-0.05, 0) is 24.3 Å². The van der Waals surface area contributed by atoms with Gasteiger partial charge in [0.2, 0.25) is 5.56 Å². The lowest BCUT2D eigenvalue weighted by atomic mass is 10.1. The van der Waals surface area contributed by atoms with Crippen LogP contribution in [0.25, 0.3) is 0 Å². The average Bonchev–Trinajstić information content (AvgIpc) is 2.39. The van der Waals surface area contributed by atoms with E-state index in [1.165, 1.54) is 18.2 Å². The molecule has 1 aromatic heterocycles. The molecule has 0 spiro atoms. The Bertz CT molecular complexity index is 737. The second-order valence-corrected chi connectivity index (χ2v) is 4.08. The van der Waals surface area contributed by atoms with Gasteiger partial charge in [-0.25, -0.2) is 4.39 Å². The number of aromatic nitrogens is 1. The van der Waals surface area contributed by atoms with Gasteiger partial charge in [0.25, 0.3) is 5.91 Å². The highest BCUT2D eigenvalue weighted by molar-refractivity contribution is 6.02. The molecule has 0 saturated carbocycles. The number of halogens is 4. The molecule has 2 aromatic rings. The number of anilines is 1. The van der Waals surface area contributed by atoms with E-state index in [0.29, 0.717) is 12.1 Å². The van der Waals surface area contributed by atoms with Crippen molar-refractivity contribution in [3.8, 4) is 0 Å². The molecule has 8 heteroatoms. The van der Waals surface area contributed by atoms with Crippen molar-refractivity contribution in [2.24, 2.45) is 0 Å². The summed E-state index contributed by atoms with van der Waals surface area (Å²) in [6.45, 7) is 0. The minimum absolute atomic E-state index is 0.125. The molecule has 0 unspecified atom stereocenters. The lowest BCUT2D eigenvalue weighted by molar-refractivity contribution is -0.139. The molecule has 1 amide bonds. The zero-order chi connectivity index (χ0) is 15.6. The van der Waals surface area contributed by atoms with Crippen molar-refractivity contribution in [2.75, 3.05) is 5.32 Å². The Hall–Kier alpha value is -2.64. The molecule has 4 nitrogen and oxygen atoms in total. The molecule has 21 heavy (non-hydrogen) atoms. The molecule has 0 aliphatic rings. The van der Waals surface area contributed by atoms with Crippen LogP contribution >= 0.6 is 0 Å². The number of nitrogens with one attached hydrogen (secondary N) is 2. The van der Waals surface area contributed by atoms with Crippen molar-refractivity contribution < 1.29 is 22.4 Å². The molecule has 1 aromatic carbocycles. The zero-order valence-electron chi connectivity index (χ0n) is 10.3. The molecule has 2 rings (SSSR count). The summed E-state index contributed by atoms with van der Waals surface area (Å²) in [5.74, 6) is -2.25. The number of rotatable bonds is 2. The SMILES string of the molecule is O=C(Nc1ccc(F)c(C(F)(F)F)c1)c1cccc(=O)[nH]1. The number of benzene rings is 1. The smallest absolute Gasteiger partial charge is 0.321 e. The summed E-state index contributed by atoms with van der Waals surface area (Å²) in [7, 11) is 0. The van der Waals surface area contributed by atoms with Crippen molar-refractivity contribution in [3.63, 3.8) is 0 Å². The number of pyridine rings is 1. The van der Waals surface area contributed by atoms with Gasteiger partial charge in [-0.1, -0.05) is 6.07 Å². The second kappa shape index (κ2) is 5.39. The van der Waals surface area contributed by atoms with Crippen LogP contribution in [-0.4, -0.2) is 10.9 Å². The molecule has 0 fully saturated rings. The van der Waals surface area contributed by atoms with Crippen molar-refractivity contribution in [3.05, 3.63) is 63.8 Å². The lowest BCUT2D eigenvalue weighted by Crippen LogP contribution is -2.18. The van der Waals surface area contributed by atoms with Crippen molar-refractivity contribution in [2.45, 2.75) is 6.18 Å². The number of aromatic amines is 1. The van der Waals surface area contributed by atoms with Crippen LogP contribution in [0, 0.1) is 5.82 Å². The summed E-state index contributed by atoms with van der Waals surface area (Å²) in [5, 5.41) is 2.15. The van der Waals surface area contributed by atoms with Gasteiger partial charge in [0.05, 0.1) is 5.56 Å².